The van der Waals surface area contributed by atoms with Crippen LogP contribution in [-0.2, 0) is 5.75 Å². The summed E-state index contributed by atoms with van der Waals surface area (Å²) in [7, 11) is 0. The van der Waals surface area contributed by atoms with Crippen LogP contribution in [-0.4, -0.2) is 22.3 Å². The van der Waals surface area contributed by atoms with E-state index in [9.17, 15) is 0 Å². The van der Waals surface area contributed by atoms with Gasteiger partial charge in [-0.15, -0.1) is 0 Å². The molecule has 1 rings (SSSR count). The largest absolute Gasteiger partial charge is 0.370 e. The predicted octanol–water partition coefficient (Wildman–Crippen LogP) is 3.68. The average Bonchev–Trinajstić information content (AvgIpc) is 2.33. The molecule has 1 aromatic rings. The Hall–Kier alpha value is -0.770. The van der Waals surface area contributed by atoms with Crippen molar-refractivity contribution in [2.45, 2.75) is 45.8 Å². The lowest BCUT2D eigenvalue weighted by Crippen LogP contribution is -2.07. The summed E-state index contributed by atoms with van der Waals surface area (Å²) in [5, 5.41) is 3.35. The van der Waals surface area contributed by atoms with E-state index in [1.54, 1.807) is 0 Å². The third-order valence-electron chi connectivity index (χ3n) is 2.38. The third kappa shape index (κ3) is 4.94. The summed E-state index contributed by atoms with van der Waals surface area (Å²) >= 11 is 1.86. The van der Waals surface area contributed by atoms with E-state index in [1.165, 1.54) is 0 Å². The molecule has 1 N–H and O–H groups in total. The number of thioether (sulfide) groups is 1. The van der Waals surface area contributed by atoms with Crippen LogP contribution in [0.5, 0.6) is 0 Å². The molecule has 3 nitrogen and oxygen atoms in total. The van der Waals surface area contributed by atoms with Gasteiger partial charge in [0.25, 0.3) is 0 Å². The lowest BCUT2D eigenvalue weighted by Gasteiger charge is -2.11. The van der Waals surface area contributed by atoms with E-state index in [2.05, 4.69) is 49.0 Å². The minimum absolute atomic E-state index is 0.450. The Labute approximate surface area is 109 Å². The van der Waals surface area contributed by atoms with Crippen molar-refractivity contribution < 1.29 is 0 Å². The van der Waals surface area contributed by atoms with Gasteiger partial charge in [0.15, 0.2) is 0 Å². The smallest absolute Gasteiger partial charge is 0.140 e. The first kappa shape index (κ1) is 14.3. The normalized spacial score (nSPS) is 10.9. The first-order valence-electron chi connectivity index (χ1n) is 6.36. The molecule has 0 amide bonds. The maximum atomic E-state index is 4.61. The van der Waals surface area contributed by atoms with Gasteiger partial charge in [0.05, 0.1) is 5.75 Å². The molecule has 0 aliphatic heterocycles. The highest BCUT2D eigenvalue weighted by molar-refractivity contribution is 7.98. The molecule has 1 heterocycles. The Bertz CT molecular complexity index is 313. The van der Waals surface area contributed by atoms with Crippen LogP contribution in [0.25, 0.3) is 0 Å². The van der Waals surface area contributed by atoms with Crippen LogP contribution in [0, 0.1) is 0 Å². The first-order valence-corrected chi connectivity index (χ1v) is 7.52. The zero-order chi connectivity index (χ0) is 12.7. The fraction of sp³-hybridized carbons (Fsp3) is 0.692. The lowest BCUT2D eigenvalue weighted by molar-refractivity contribution is 0.798. The Balaban J connectivity index is 2.84. The molecule has 0 aliphatic carbocycles. The van der Waals surface area contributed by atoms with Crippen LogP contribution in [0.1, 0.15) is 51.6 Å². The van der Waals surface area contributed by atoms with Crippen molar-refractivity contribution in [1.29, 1.82) is 0 Å². The summed E-state index contributed by atoms with van der Waals surface area (Å²) in [5.74, 6) is 4.37. The van der Waals surface area contributed by atoms with Gasteiger partial charge in [-0.3, -0.25) is 0 Å². The van der Waals surface area contributed by atoms with Crippen LogP contribution in [0.15, 0.2) is 6.07 Å². The van der Waals surface area contributed by atoms with Crippen molar-refractivity contribution in [3.63, 3.8) is 0 Å². The van der Waals surface area contributed by atoms with Gasteiger partial charge in [-0.05, 0) is 18.1 Å². The van der Waals surface area contributed by atoms with Crippen LogP contribution < -0.4 is 5.32 Å². The van der Waals surface area contributed by atoms with Crippen molar-refractivity contribution >= 4 is 17.6 Å². The molecule has 0 radical (unpaired) electrons. The molecule has 4 heteroatoms. The van der Waals surface area contributed by atoms with Crippen LogP contribution >= 0.6 is 11.8 Å². The van der Waals surface area contributed by atoms with E-state index >= 15 is 0 Å². The molecule has 0 fully saturated rings. The zero-order valence-corrected chi connectivity index (χ0v) is 12.1. The molecule has 0 atom stereocenters. The lowest BCUT2D eigenvalue weighted by atomic mass is 10.1. The van der Waals surface area contributed by atoms with Crippen LogP contribution in [0.3, 0.4) is 0 Å². The SMILES string of the molecule is CCCNc1cc(C(C)C)nc(CSCC)n1. The summed E-state index contributed by atoms with van der Waals surface area (Å²) < 4.78 is 0. The van der Waals surface area contributed by atoms with E-state index in [0.29, 0.717) is 5.92 Å². The number of nitrogens with one attached hydrogen (secondary N) is 1. The van der Waals surface area contributed by atoms with Gasteiger partial charge in [-0.2, -0.15) is 11.8 Å². The molecule has 96 valence electrons. The molecule has 0 saturated heterocycles. The van der Waals surface area contributed by atoms with Gasteiger partial charge < -0.3 is 5.32 Å². The molecule has 17 heavy (non-hydrogen) atoms. The number of aromatic nitrogens is 2. The van der Waals surface area contributed by atoms with Crippen molar-refractivity contribution in [3.05, 3.63) is 17.6 Å². The minimum atomic E-state index is 0.450. The topological polar surface area (TPSA) is 37.8 Å². The van der Waals surface area contributed by atoms with Crippen molar-refractivity contribution in [2.24, 2.45) is 0 Å². The fourth-order valence-corrected chi connectivity index (χ4v) is 1.93. The van der Waals surface area contributed by atoms with E-state index < -0.39 is 0 Å². The van der Waals surface area contributed by atoms with E-state index in [1.807, 2.05) is 11.8 Å². The van der Waals surface area contributed by atoms with E-state index in [4.69, 9.17) is 0 Å². The standard InChI is InChI=1S/C13H23N3S/c1-5-7-14-12-8-11(10(3)4)15-13(16-12)9-17-6-2/h8,10H,5-7,9H2,1-4H3,(H,14,15,16). The Morgan fingerprint density at radius 3 is 2.65 bits per heavy atom. The minimum Gasteiger partial charge on any atom is -0.370 e. The fourth-order valence-electron chi connectivity index (χ4n) is 1.41. The average molecular weight is 253 g/mol. The molecular weight excluding hydrogens is 230 g/mol. The molecule has 0 saturated carbocycles. The van der Waals surface area contributed by atoms with Gasteiger partial charge in [0.1, 0.15) is 11.6 Å². The summed E-state index contributed by atoms with van der Waals surface area (Å²) in [5.41, 5.74) is 1.13. The highest BCUT2D eigenvalue weighted by atomic mass is 32.2. The third-order valence-corrected chi connectivity index (χ3v) is 3.25. The summed E-state index contributed by atoms with van der Waals surface area (Å²) in [6, 6.07) is 2.07. The monoisotopic (exact) mass is 253 g/mol. The molecule has 0 aliphatic rings. The molecule has 0 aromatic carbocycles. The van der Waals surface area contributed by atoms with E-state index in [-0.39, 0.29) is 0 Å². The van der Waals surface area contributed by atoms with E-state index in [0.717, 1.165) is 41.8 Å². The number of nitrogens with zero attached hydrogens (tertiary/aromatic N) is 2. The molecule has 1 aromatic heterocycles. The highest BCUT2D eigenvalue weighted by Gasteiger charge is 2.07. The van der Waals surface area contributed by atoms with Crippen molar-refractivity contribution in [1.82, 2.24) is 9.97 Å². The molecule has 0 bridgehead atoms. The zero-order valence-electron chi connectivity index (χ0n) is 11.3. The van der Waals surface area contributed by atoms with Gasteiger partial charge >= 0.3 is 0 Å². The summed E-state index contributed by atoms with van der Waals surface area (Å²) in [4.78, 5) is 9.15. The predicted molar refractivity (Wildman–Crippen MR) is 76.7 cm³/mol. The van der Waals surface area contributed by atoms with Gasteiger partial charge in [0, 0.05) is 18.3 Å². The summed E-state index contributed by atoms with van der Waals surface area (Å²) in [6.07, 6.45) is 1.11. The molecule has 0 unspecified atom stereocenters. The van der Waals surface area contributed by atoms with Gasteiger partial charge in [0.2, 0.25) is 0 Å². The van der Waals surface area contributed by atoms with Gasteiger partial charge in [-0.25, -0.2) is 9.97 Å². The molecular formula is C13H23N3S. The Morgan fingerprint density at radius 2 is 2.06 bits per heavy atom. The number of anilines is 1. The molecule has 0 spiro atoms. The second-order valence-electron chi connectivity index (χ2n) is 4.31. The Kier molecular flexibility index (Phi) is 6.34. The second-order valence-corrected chi connectivity index (χ2v) is 5.59. The Morgan fingerprint density at radius 1 is 1.29 bits per heavy atom. The highest BCUT2D eigenvalue weighted by Crippen LogP contribution is 2.18. The number of rotatable bonds is 7. The first-order chi connectivity index (χ1) is 8.17. The van der Waals surface area contributed by atoms with Crippen LogP contribution in [0.2, 0.25) is 0 Å². The number of hydrogen-bond donors (Lipinski definition) is 1. The van der Waals surface area contributed by atoms with Gasteiger partial charge in [-0.1, -0.05) is 27.7 Å². The summed E-state index contributed by atoms with van der Waals surface area (Å²) in [6.45, 7) is 9.62. The quantitative estimate of drug-likeness (QED) is 0.804. The number of hydrogen-bond acceptors (Lipinski definition) is 4. The maximum Gasteiger partial charge on any atom is 0.140 e. The van der Waals surface area contributed by atoms with Crippen molar-refractivity contribution in [3.8, 4) is 0 Å². The van der Waals surface area contributed by atoms with Crippen LogP contribution in [0.4, 0.5) is 5.82 Å². The second kappa shape index (κ2) is 7.54. The maximum absolute atomic E-state index is 4.61. The van der Waals surface area contributed by atoms with Crippen molar-refractivity contribution in [2.75, 3.05) is 17.6 Å².